The summed E-state index contributed by atoms with van der Waals surface area (Å²) in [6, 6.07) is 0. The topological polar surface area (TPSA) is 29.0 Å². The second-order valence-electron chi connectivity index (χ2n) is 3.79. The van der Waals surface area contributed by atoms with Crippen molar-refractivity contribution in [2.24, 2.45) is 5.92 Å². The van der Waals surface area contributed by atoms with E-state index in [0.29, 0.717) is 5.95 Å². The van der Waals surface area contributed by atoms with Crippen molar-refractivity contribution < 1.29 is 4.39 Å². The van der Waals surface area contributed by atoms with Gasteiger partial charge in [-0.1, -0.05) is 15.9 Å². The van der Waals surface area contributed by atoms with Crippen LogP contribution in [-0.4, -0.2) is 28.4 Å². The van der Waals surface area contributed by atoms with Crippen LogP contribution in [-0.2, 0) is 0 Å². The van der Waals surface area contributed by atoms with Gasteiger partial charge in [0.1, 0.15) is 0 Å². The molecule has 0 aliphatic carbocycles. The van der Waals surface area contributed by atoms with E-state index in [1.165, 1.54) is 12.4 Å². The maximum absolute atomic E-state index is 12.6. The van der Waals surface area contributed by atoms with Gasteiger partial charge in [0.15, 0.2) is 5.82 Å². The molecule has 15 heavy (non-hydrogen) atoms. The maximum Gasteiger partial charge on any atom is 0.225 e. The Morgan fingerprint density at radius 3 is 2.47 bits per heavy atom. The largest absolute Gasteiger partial charge is 0.341 e. The van der Waals surface area contributed by atoms with Crippen molar-refractivity contribution in [1.29, 1.82) is 0 Å². The fourth-order valence-electron chi connectivity index (χ4n) is 1.76. The molecular formula is C10H13BrFN3. The van der Waals surface area contributed by atoms with E-state index < -0.39 is 0 Å². The summed E-state index contributed by atoms with van der Waals surface area (Å²) >= 11 is 3.50. The lowest BCUT2D eigenvalue weighted by Gasteiger charge is -2.30. The average molecular weight is 274 g/mol. The lowest BCUT2D eigenvalue weighted by Crippen LogP contribution is -2.35. The van der Waals surface area contributed by atoms with Gasteiger partial charge in [-0.2, -0.15) is 0 Å². The fraction of sp³-hybridized carbons (Fsp3) is 0.600. The molecule has 82 valence electrons. The molecule has 0 spiro atoms. The normalized spacial score (nSPS) is 18.1. The Hall–Kier alpha value is -0.710. The summed E-state index contributed by atoms with van der Waals surface area (Å²) in [5.74, 6) is 1.01. The molecule has 1 aromatic rings. The molecule has 1 aliphatic heterocycles. The molecule has 0 radical (unpaired) electrons. The van der Waals surface area contributed by atoms with Crippen molar-refractivity contribution in [2.45, 2.75) is 12.8 Å². The number of aromatic nitrogens is 2. The Bertz CT molecular complexity index is 309. The maximum atomic E-state index is 12.6. The summed E-state index contributed by atoms with van der Waals surface area (Å²) in [7, 11) is 0. The zero-order valence-electron chi connectivity index (χ0n) is 8.37. The monoisotopic (exact) mass is 273 g/mol. The molecule has 0 amide bonds. The molecule has 0 bridgehead atoms. The van der Waals surface area contributed by atoms with E-state index in [0.717, 1.165) is 37.2 Å². The van der Waals surface area contributed by atoms with Gasteiger partial charge in [0.2, 0.25) is 5.95 Å². The molecule has 1 saturated heterocycles. The molecule has 1 aromatic heterocycles. The number of hydrogen-bond donors (Lipinski definition) is 0. The highest BCUT2D eigenvalue weighted by atomic mass is 79.9. The van der Waals surface area contributed by atoms with Crippen LogP contribution in [0.15, 0.2) is 12.4 Å². The summed E-state index contributed by atoms with van der Waals surface area (Å²) in [5.41, 5.74) is 0. The Morgan fingerprint density at radius 1 is 1.33 bits per heavy atom. The van der Waals surface area contributed by atoms with Gasteiger partial charge in [-0.15, -0.1) is 0 Å². The Labute approximate surface area is 96.8 Å². The minimum Gasteiger partial charge on any atom is -0.341 e. The van der Waals surface area contributed by atoms with Gasteiger partial charge in [0, 0.05) is 18.4 Å². The summed E-state index contributed by atoms with van der Waals surface area (Å²) in [4.78, 5) is 10.1. The second kappa shape index (κ2) is 4.88. The molecule has 2 rings (SSSR count). The third-order valence-electron chi connectivity index (χ3n) is 2.72. The summed E-state index contributed by atoms with van der Waals surface area (Å²) < 4.78 is 12.6. The van der Waals surface area contributed by atoms with E-state index in [1.807, 2.05) is 0 Å². The van der Waals surface area contributed by atoms with E-state index >= 15 is 0 Å². The number of hydrogen-bond acceptors (Lipinski definition) is 3. The number of halogens is 2. The first-order valence-corrected chi connectivity index (χ1v) is 6.20. The van der Waals surface area contributed by atoms with Crippen LogP contribution in [0.25, 0.3) is 0 Å². The van der Waals surface area contributed by atoms with E-state index in [2.05, 4.69) is 30.8 Å². The molecular weight excluding hydrogens is 261 g/mol. The minimum atomic E-state index is -0.380. The summed E-state index contributed by atoms with van der Waals surface area (Å²) in [5, 5.41) is 1.06. The van der Waals surface area contributed by atoms with Gasteiger partial charge in [-0.05, 0) is 18.8 Å². The molecule has 2 heterocycles. The molecule has 0 atom stereocenters. The van der Waals surface area contributed by atoms with Crippen LogP contribution in [0.2, 0.25) is 0 Å². The van der Waals surface area contributed by atoms with Crippen molar-refractivity contribution in [3.05, 3.63) is 18.2 Å². The van der Waals surface area contributed by atoms with Gasteiger partial charge >= 0.3 is 0 Å². The average Bonchev–Trinajstić information content (AvgIpc) is 2.30. The van der Waals surface area contributed by atoms with Gasteiger partial charge in [-0.25, -0.2) is 14.4 Å². The lowest BCUT2D eigenvalue weighted by atomic mass is 9.99. The van der Waals surface area contributed by atoms with Crippen LogP contribution in [0, 0.1) is 11.7 Å². The first-order valence-electron chi connectivity index (χ1n) is 5.08. The van der Waals surface area contributed by atoms with Crippen LogP contribution in [0.5, 0.6) is 0 Å². The molecule has 3 nitrogen and oxygen atoms in total. The van der Waals surface area contributed by atoms with E-state index in [-0.39, 0.29) is 5.82 Å². The molecule has 0 unspecified atom stereocenters. The predicted molar refractivity (Wildman–Crippen MR) is 60.7 cm³/mol. The number of rotatable bonds is 2. The first-order chi connectivity index (χ1) is 7.29. The molecule has 5 heteroatoms. The lowest BCUT2D eigenvalue weighted by molar-refractivity contribution is 0.442. The van der Waals surface area contributed by atoms with Gasteiger partial charge in [-0.3, -0.25) is 0 Å². The quantitative estimate of drug-likeness (QED) is 0.774. The second-order valence-corrected chi connectivity index (χ2v) is 4.43. The van der Waals surface area contributed by atoms with Crippen molar-refractivity contribution in [3.63, 3.8) is 0 Å². The van der Waals surface area contributed by atoms with Crippen molar-refractivity contribution in [1.82, 2.24) is 9.97 Å². The van der Waals surface area contributed by atoms with Gasteiger partial charge < -0.3 is 4.90 Å². The first kappa shape index (κ1) is 10.8. The van der Waals surface area contributed by atoms with E-state index in [9.17, 15) is 4.39 Å². The SMILES string of the molecule is Fc1cnc(N2CCC(CBr)CC2)nc1. The predicted octanol–water partition coefficient (Wildman–Crippen LogP) is 2.23. The van der Waals surface area contributed by atoms with Crippen LogP contribution >= 0.6 is 15.9 Å². The smallest absolute Gasteiger partial charge is 0.225 e. The number of alkyl halides is 1. The molecule has 0 saturated carbocycles. The molecule has 0 N–H and O–H groups in total. The third-order valence-corrected chi connectivity index (χ3v) is 3.64. The zero-order valence-corrected chi connectivity index (χ0v) is 9.95. The minimum absolute atomic E-state index is 0.380. The van der Waals surface area contributed by atoms with Crippen LogP contribution in [0.4, 0.5) is 10.3 Å². The third kappa shape index (κ3) is 2.65. The fourth-order valence-corrected chi connectivity index (χ4v) is 2.40. The standard InChI is InChI=1S/C10H13BrFN3/c11-5-8-1-3-15(4-2-8)10-13-6-9(12)7-14-10/h6-8H,1-5H2. The zero-order chi connectivity index (χ0) is 10.7. The van der Waals surface area contributed by atoms with Crippen molar-refractivity contribution >= 4 is 21.9 Å². The number of piperidine rings is 1. The van der Waals surface area contributed by atoms with Crippen LogP contribution in [0.3, 0.4) is 0 Å². The molecule has 1 aliphatic rings. The van der Waals surface area contributed by atoms with E-state index in [4.69, 9.17) is 0 Å². The number of nitrogens with zero attached hydrogens (tertiary/aromatic N) is 3. The van der Waals surface area contributed by atoms with Gasteiger partial charge in [0.25, 0.3) is 0 Å². The van der Waals surface area contributed by atoms with Crippen molar-refractivity contribution in [3.8, 4) is 0 Å². The highest BCUT2D eigenvalue weighted by Gasteiger charge is 2.19. The highest BCUT2D eigenvalue weighted by molar-refractivity contribution is 9.09. The van der Waals surface area contributed by atoms with Crippen LogP contribution in [0.1, 0.15) is 12.8 Å². The Balaban J connectivity index is 1.98. The molecule has 0 aromatic carbocycles. The van der Waals surface area contributed by atoms with Crippen molar-refractivity contribution in [2.75, 3.05) is 23.3 Å². The molecule has 1 fully saturated rings. The Morgan fingerprint density at radius 2 is 1.93 bits per heavy atom. The Kier molecular flexibility index (Phi) is 3.51. The summed E-state index contributed by atoms with van der Waals surface area (Å²) in [6.07, 6.45) is 4.73. The van der Waals surface area contributed by atoms with Crippen LogP contribution < -0.4 is 4.90 Å². The summed E-state index contributed by atoms with van der Waals surface area (Å²) in [6.45, 7) is 1.92. The highest BCUT2D eigenvalue weighted by Crippen LogP contribution is 2.21. The number of anilines is 1. The van der Waals surface area contributed by atoms with Gasteiger partial charge in [0.05, 0.1) is 12.4 Å². The van der Waals surface area contributed by atoms with E-state index in [1.54, 1.807) is 0 Å².